The highest BCUT2D eigenvalue weighted by molar-refractivity contribution is 6.02. The van der Waals surface area contributed by atoms with Crippen LogP contribution in [-0.2, 0) is 12.5 Å². The van der Waals surface area contributed by atoms with Gasteiger partial charge in [-0.25, -0.2) is 9.78 Å². The van der Waals surface area contributed by atoms with E-state index < -0.39 is 5.41 Å². The van der Waals surface area contributed by atoms with Crippen molar-refractivity contribution >= 4 is 27.8 Å². The highest BCUT2D eigenvalue weighted by atomic mass is 16.1. The Labute approximate surface area is 205 Å². The standard InChI is InChI=1S/C21H18N4O.C6H8N2.CH4/c1-21(2,13-22)14-8-10-15(11-9-14)25-19-16-6-4-5-7-17(16)23-12-18(19)24(3)20(25)26;1-5-2-3-6(7)8-4-5;/h4-12H,1-3H3;2-4H,1H3,(H2,7,8);1H4. The quantitative estimate of drug-likeness (QED) is 0.381. The molecule has 3 aromatic heterocycles. The summed E-state index contributed by atoms with van der Waals surface area (Å²) in [4.78, 5) is 21.2. The summed E-state index contributed by atoms with van der Waals surface area (Å²) < 4.78 is 3.32. The summed E-state index contributed by atoms with van der Waals surface area (Å²) in [6, 6.07) is 21.4. The Morgan fingerprint density at radius 3 is 2.26 bits per heavy atom. The zero-order valence-electron chi connectivity index (χ0n) is 19.6. The molecule has 0 bridgehead atoms. The summed E-state index contributed by atoms with van der Waals surface area (Å²) in [5.74, 6) is 0.579. The number of anilines is 1. The SMILES string of the molecule is C.Cc1ccc(N)nc1.Cn1c(=O)n(-c2ccc(C(C)(C)C#N)cc2)c2c3ccccc3ncc21. The highest BCUT2D eigenvalue weighted by Crippen LogP contribution is 2.27. The van der Waals surface area contributed by atoms with E-state index in [9.17, 15) is 10.1 Å². The predicted molar refractivity (Wildman–Crippen MR) is 143 cm³/mol. The van der Waals surface area contributed by atoms with Crippen LogP contribution in [0, 0.1) is 18.3 Å². The summed E-state index contributed by atoms with van der Waals surface area (Å²) >= 11 is 0. The first-order valence-corrected chi connectivity index (χ1v) is 10.9. The highest BCUT2D eigenvalue weighted by Gasteiger charge is 2.20. The van der Waals surface area contributed by atoms with E-state index in [1.54, 1.807) is 34.6 Å². The third kappa shape index (κ3) is 4.78. The van der Waals surface area contributed by atoms with Crippen LogP contribution in [0.5, 0.6) is 0 Å². The van der Waals surface area contributed by atoms with Gasteiger partial charge in [-0.3, -0.25) is 14.1 Å². The molecular weight excluding hydrogens is 436 g/mol. The lowest BCUT2D eigenvalue weighted by Gasteiger charge is -2.16. The van der Waals surface area contributed by atoms with Crippen LogP contribution < -0.4 is 11.4 Å². The number of fused-ring (bicyclic) bond motifs is 3. The van der Waals surface area contributed by atoms with Crippen molar-refractivity contribution in [2.45, 2.75) is 33.6 Å². The molecule has 0 fully saturated rings. The third-order valence-corrected chi connectivity index (χ3v) is 5.85. The minimum atomic E-state index is -0.571. The van der Waals surface area contributed by atoms with Gasteiger partial charge in [0.2, 0.25) is 0 Å². The fourth-order valence-electron chi connectivity index (χ4n) is 3.76. The Morgan fingerprint density at radius 1 is 0.971 bits per heavy atom. The molecule has 0 saturated heterocycles. The Balaban J connectivity index is 0.000000325. The number of rotatable bonds is 2. The van der Waals surface area contributed by atoms with Gasteiger partial charge in [-0.1, -0.05) is 43.8 Å². The fourth-order valence-corrected chi connectivity index (χ4v) is 3.76. The second-order valence-electron chi connectivity index (χ2n) is 8.73. The van der Waals surface area contributed by atoms with Crippen LogP contribution >= 0.6 is 0 Å². The molecule has 0 atom stereocenters. The topological polar surface area (TPSA) is 103 Å². The number of nitrogens with two attached hydrogens (primary N) is 1. The van der Waals surface area contributed by atoms with Gasteiger partial charge in [0.1, 0.15) is 5.82 Å². The molecule has 7 heteroatoms. The van der Waals surface area contributed by atoms with E-state index in [2.05, 4.69) is 16.0 Å². The van der Waals surface area contributed by atoms with E-state index in [0.717, 1.165) is 38.8 Å². The lowest BCUT2D eigenvalue weighted by molar-refractivity contribution is 0.686. The Hall–Kier alpha value is -4.44. The molecule has 0 aliphatic rings. The van der Waals surface area contributed by atoms with Gasteiger partial charge in [0.15, 0.2) is 0 Å². The minimum absolute atomic E-state index is 0. The number of para-hydroxylation sites is 1. The molecule has 0 aliphatic carbocycles. The monoisotopic (exact) mass is 466 g/mol. The van der Waals surface area contributed by atoms with Gasteiger partial charge in [0, 0.05) is 18.6 Å². The van der Waals surface area contributed by atoms with E-state index in [4.69, 9.17) is 5.73 Å². The molecule has 0 spiro atoms. The molecule has 3 heterocycles. The number of imidazole rings is 1. The summed E-state index contributed by atoms with van der Waals surface area (Å²) in [5.41, 5.74) is 9.93. The molecule has 0 radical (unpaired) electrons. The van der Waals surface area contributed by atoms with Crippen LogP contribution in [0.15, 0.2) is 77.9 Å². The zero-order valence-corrected chi connectivity index (χ0v) is 19.6. The molecule has 2 aromatic carbocycles. The minimum Gasteiger partial charge on any atom is -0.384 e. The average molecular weight is 467 g/mol. The number of aryl methyl sites for hydroxylation is 2. The van der Waals surface area contributed by atoms with Crippen molar-refractivity contribution in [1.82, 2.24) is 19.1 Å². The van der Waals surface area contributed by atoms with Gasteiger partial charge in [0.25, 0.3) is 0 Å². The van der Waals surface area contributed by atoms with Gasteiger partial charge >= 0.3 is 5.69 Å². The first-order chi connectivity index (χ1) is 16.2. The van der Waals surface area contributed by atoms with E-state index in [1.807, 2.05) is 75.4 Å². The summed E-state index contributed by atoms with van der Waals surface area (Å²) in [7, 11) is 1.75. The van der Waals surface area contributed by atoms with E-state index in [1.165, 1.54) is 0 Å². The van der Waals surface area contributed by atoms with E-state index >= 15 is 0 Å². The number of nitriles is 1. The molecule has 5 rings (SSSR count). The van der Waals surface area contributed by atoms with Crippen molar-refractivity contribution in [2.24, 2.45) is 7.05 Å². The largest absolute Gasteiger partial charge is 0.384 e. The van der Waals surface area contributed by atoms with Crippen molar-refractivity contribution in [3.63, 3.8) is 0 Å². The van der Waals surface area contributed by atoms with Crippen molar-refractivity contribution < 1.29 is 0 Å². The maximum atomic E-state index is 12.9. The number of aromatic nitrogens is 4. The van der Waals surface area contributed by atoms with Crippen LogP contribution in [0.4, 0.5) is 5.82 Å². The second-order valence-corrected chi connectivity index (χ2v) is 8.73. The zero-order chi connectivity index (χ0) is 24.5. The number of nitrogens with zero attached hydrogens (tertiary/aromatic N) is 5. The number of nitrogen functional groups attached to an aromatic ring is 1. The van der Waals surface area contributed by atoms with Gasteiger partial charge in [-0.2, -0.15) is 5.26 Å². The van der Waals surface area contributed by atoms with Crippen LogP contribution in [0.1, 0.15) is 32.4 Å². The predicted octanol–water partition coefficient (Wildman–Crippen LogP) is 5.29. The molecular formula is C28H30N6O. The first kappa shape index (κ1) is 25.2. The smallest absolute Gasteiger partial charge is 0.333 e. The first-order valence-electron chi connectivity index (χ1n) is 10.9. The van der Waals surface area contributed by atoms with Crippen molar-refractivity contribution in [2.75, 3.05) is 5.73 Å². The maximum Gasteiger partial charge on any atom is 0.333 e. The number of benzene rings is 2. The van der Waals surface area contributed by atoms with Gasteiger partial charge in [-0.05, 0) is 56.2 Å². The fraction of sp³-hybridized carbons (Fsp3) is 0.214. The third-order valence-electron chi connectivity index (χ3n) is 5.85. The van der Waals surface area contributed by atoms with Crippen molar-refractivity contribution in [1.29, 1.82) is 5.26 Å². The van der Waals surface area contributed by atoms with E-state index in [0.29, 0.717) is 5.82 Å². The molecule has 2 N–H and O–H groups in total. The average Bonchev–Trinajstić information content (AvgIpc) is 3.12. The lowest BCUT2D eigenvalue weighted by Crippen LogP contribution is -2.21. The Bertz CT molecular complexity index is 1550. The second kappa shape index (κ2) is 9.82. The molecule has 0 unspecified atom stereocenters. The van der Waals surface area contributed by atoms with Gasteiger partial charge < -0.3 is 5.73 Å². The number of pyridine rings is 2. The molecule has 5 aromatic rings. The molecule has 0 saturated carbocycles. The van der Waals surface area contributed by atoms with E-state index in [-0.39, 0.29) is 13.1 Å². The summed E-state index contributed by atoms with van der Waals surface area (Å²) in [6.45, 7) is 5.74. The number of hydrogen-bond donors (Lipinski definition) is 1. The van der Waals surface area contributed by atoms with Crippen LogP contribution in [0.25, 0.3) is 27.6 Å². The van der Waals surface area contributed by atoms with Gasteiger partial charge in [-0.15, -0.1) is 0 Å². The van der Waals surface area contributed by atoms with Gasteiger partial charge in [0.05, 0.1) is 39.9 Å². The molecule has 35 heavy (non-hydrogen) atoms. The summed E-state index contributed by atoms with van der Waals surface area (Å²) in [5, 5.41) is 10.3. The lowest BCUT2D eigenvalue weighted by atomic mass is 9.86. The Kier molecular flexibility index (Phi) is 7.06. The summed E-state index contributed by atoms with van der Waals surface area (Å²) in [6.07, 6.45) is 3.48. The van der Waals surface area contributed by atoms with Crippen molar-refractivity contribution in [3.8, 4) is 11.8 Å². The maximum absolute atomic E-state index is 12.9. The van der Waals surface area contributed by atoms with Crippen LogP contribution in [0.2, 0.25) is 0 Å². The molecule has 0 aliphatic heterocycles. The van der Waals surface area contributed by atoms with Crippen molar-refractivity contribution in [3.05, 3.63) is 94.7 Å². The van der Waals surface area contributed by atoms with Crippen LogP contribution in [-0.4, -0.2) is 19.1 Å². The normalized spacial score (nSPS) is 10.8. The molecule has 0 amide bonds. The number of hydrogen-bond acceptors (Lipinski definition) is 5. The molecule has 178 valence electrons. The Morgan fingerprint density at radius 2 is 1.66 bits per heavy atom. The van der Waals surface area contributed by atoms with Crippen LogP contribution in [0.3, 0.4) is 0 Å². The molecule has 7 nitrogen and oxygen atoms in total.